The van der Waals surface area contributed by atoms with E-state index in [9.17, 15) is 18.3 Å². The Balaban J connectivity index is 2.34. The summed E-state index contributed by atoms with van der Waals surface area (Å²) in [7, 11) is -4.13. The van der Waals surface area contributed by atoms with Crippen molar-refractivity contribution in [1.82, 2.24) is 9.97 Å². The first-order chi connectivity index (χ1) is 10.4. The molecule has 0 aliphatic heterocycles. The molecule has 0 saturated carbocycles. The first kappa shape index (κ1) is 14.3. The number of aromatic nitrogens is 2. The third-order valence-corrected chi connectivity index (χ3v) is 5.12. The number of aromatic hydroxyl groups is 1. The normalized spacial score (nSPS) is 11.7. The van der Waals surface area contributed by atoms with Gasteiger partial charge in [-0.2, -0.15) is 0 Å². The number of sulfone groups is 1. The SMILES string of the molecule is Cc1ccc(S(=O)(=O)c2c(O)[nH]c3ncccc3c2=O)cc1. The third kappa shape index (κ3) is 2.15. The number of hydrogen-bond donors (Lipinski definition) is 2. The van der Waals surface area contributed by atoms with Crippen molar-refractivity contribution >= 4 is 20.9 Å². The minimum absolute atomic E-state index is 0.0536. The van der Waals surface area contributed by atoms with Gasteiger partial charge < -0.3 is 10.1 Å². The largest absolute Gasteiger partial charge is 0.494 e. The lowest BCUT2D eigenvalue weighted by atomic mass is 10.2. The van der Waals surface area contributed by atoms with E-state index in [1.54, 1.807) is 12.1 Å². The Morgan fingerprint density at radius 1 is 1.14 bits per heavy atom. The molecular formula is C15H12N2O4S. The molecule has 0 bridgehead atoms. The lowest BCUT2D eigenvalue weighted by Gasteiger charge is -2.07. The Morgan fingerprint density at radius 3 is 2.50 bits per heavy atom. The highest BCUT2D eigenvalue weighted by molar-refractivity contribution is 7.91. The summed E-state index contributed by atoms with van der Waals surface area (Å²) in [6.45, 7) is 1.82. The summed E-state index contributed by atoms with van der Waals surface area (Å²) >= 11 is 0. The number of benzene rings is 1. The number of hydrogen-bond acceptors (Lipinski definition) is 5. The van der Waals surface area contributed by atoms with Crippen molar-refractivity contribution in [3.63, 3.8) is 0 Å². The number of aromatic amines is 1. The van der Waals surface area contributed by atoms with Crippen molar-refractivity contribution in [2.75, 3.05) is 0 Å². The molecule has 0 aliphatic rings. The standard InChI is InChI=1S/C15H12N2O4S/c1-9-4-6-10(7-5-9)22(20,21)13-12(18)11-3-2-8-16-14(11)17-15(13)19/h2-8H,1H3,(H2,16,17,18,19). The molecule has 0 atom stereocenters. The van der Waals surface area contributed by atoms with Crippen molar-refractivity contribution in [3.05, 3.63) is 58.4 Å². The van der Waals surface area contributed by atoms with Crippen LogP contribution in [0.2, 0.25) is 0 Å². The van der Waals surface area contributed by atoms with Crippen LogP contribution in [-0.4, -0.2) is 23.5 Å². The zero-order valence-electron chi connectivity index (χ0n) is 11.6. The van der Waals surface area contributed by atoms with E-state index in [1.165, 1.54) is 30.5 Å². The van der Waals surface area contributed by atoms with E-state index in [0.717, 1.165) is 5.56 Å². The Hall–Kier alpha value is -2.67. The van der Waals surface area contributed by atoms with Crippen molar-refractivity contribution in [2.24, 2.45) is 0 Å². The van der Waals surface area contributed by atoms with Crippen molar-refractivity contribution < 1.29 is 13.5 Å². The van der Waals surface area contributed by atoms with Crippen LogP contribution >= 0.6 is 0 Å². The number of nitrogens with zero attached hydrogens (tertiary/aromatic N) is 1. The Labute approximate surface area is 126 Å². The van der Waals surface area contributed by atoms with E-state index in [2.05, 4.69) is 9.97 Å². The highest BCUT2D eigenvalue weighted by Crippen LogP contribution is 2.26. The van der Waals surface area contributed by atoms with Gasteiger partial charge in [0.05, 0.1) is 10.3 Å². The van der Waals surface area contributed by atoms with Gasteiger partial charge in [-0.05, 0) is 31.2 Å². The Bertz CT molecular complexity index is 1020. The molecule has 0 unspecified atom stereocenters. The molecule has 2 heterocycles. The molecule has 2 aromatic heterocycles. The number of H-pyrrole nitrogens is 1. The predicted molar refractivity (Wildman–Crippen MR) is 80.7 cm³/mol. The first-order valence-electron chi connectivity index (χ1n) is 6.43. The molecule has 0 spiro atoms. The number of fused-ring (bicyclic) bond motifs is 1. The van der Waals surface area contributed by atoms with Crippen LogP contribution in [0.1, 0.15) is 5.56 Å². The first-order valence-corrected chi connectivity index (χ1v) is 7.91. The summed E-state index contributed by atoms with van der Waals surface area (Å²) in [5, 5.41) is 10.1. The lowest BCUT2D eigenvalue weighted by molar-refractivity contribution is 0.437. The molecule has 0 fully saturated rings. The minimum Gasteiger partial charge on any atom is -0.494 e. The van der Waals surface area contributed by atoms with Gasteiger partial charge in [-0.15, -0.1) is 0 Å². The Morgan fingerprint density at radius 2 is 1.82 bits per heavy atom. The molecule has 1 aromatic carbocycles. The number of aryl methyl sites for hydroxylation is 1. The topological polar surface area (TPSA) is 100 Å². The maximum atomic E-state index is 12.6. The maximum Gasteiger partial charge on any atom is 0.215 e. The molecule has 0 radical (unpaired) electrons. The fourth-order valence-corrected chi connectivity index (χ4v) is 3.56. The molecule has 2 N–H and O–H groups in total. The monoisotopic (exact) mass is 316 g/mol. The lowest BCUT2D eigenvalue weighted by Crippen LogP contribution is -2.17. The van der Waals surface area contributed by atoms with Gasteiger partial charge >= 0.3 is 0 Å². The van der Waals surface area contributed by atoms with Crippen LogP contribution in [0.15, 0.2) is 57.2 Å². The summed E-state index contributed by atoms with van der Waals surface area (Å²) in [6.07, 6.45) is 1.44. The molecular weight excluding hydrogens is 304 g/mol. The molecule has 112 valence electrons. The number of nitrogens with one attached hydrogen (secondary N) is 1. The minimum atomic E-state index is -4.13. The zero-order valence-corrected chi connectivity index (χ0v) is 12.4. The molecule has 6 nitrogen and oxygen atoms in total. The van der Waals surface area contributed by atoms with Gasteiger partial charge in [-0.1, -0.05) is 17.7 Å². The summed E-state index contributed by atoms with van der Waals surface area (Å²) < 4.78 is 25.3. The summed E-state index contributed by atoms with van der Waals surface area (Å²) in [4.78, 5) is 18.1. The highest BCUT2D eigenvalue weighted by Gasteiger charge is 2.27. The second kappa shape index (κ2) is 4.96. The van der Waals surface area contributed by atoms with Crippen LogP contribution in [0.3, 0.4) is 0 Å². The van der Waals surface area contributed by atoms with Gasteiger partial charge in [-0.3, -0.25) is 4.79 Å². The highest BCUT2D eigenvalue weighted by atomic mass is 32.2. The van der Waals surface area contributed by atoms with Crippen molar-refractivity contribution in [1.29, 1.82) is 0 Å². The van der Waals surface area contributed by atoms with Gasteiger partial charge in [0.15, 0.2) is 4.90 Å². The third-order valence-electron chi connectivity index (χ3n) is 3.31. The van der Waals surface area contributed by atoms with E-state index < -0.39 is 26.0 Å². The average molecular weight is 316 g/mol. The zero-order chi connectivity index (χ0) is 15.9. The van der Waals surface area contributed by atoms with Crippen LogP contribution in [0, 0.1) is 6.92 Å². The van der Waals surface area contributed by atoms with Gasteiger partial charge in [0.2, 0.25) is 21.1 Å². The van der Waals surface area contributed by atoms with Crippen LogP contribution in [0.4, 0.5) is 0 Å². The van der Waals surface area contributed by atoms with E-state index in [0.29, 0.717) is 0 Å². The van der Waals surface area contributed by atoms with Gasteiger partial charge in [-0.25, -0.2) is 13.4 Å². The molecule has 0 aliphatic carbocycles. The summed E-state index contributed by atoms with van der Waals surface area (Å²) in [6, 6.07) is 9.03. The van der Waals surface area contributed by atoms with E-state index >= 15 is 0 Å². The predicted octanol–water partition coefficient (Wildman–Crippen LogP) is 1.77. The second-order valence-corrected chi connectivity index (χ2v) is 6.73. The average Bonchev–Trinajstić information content (AvgIpc) is 2.47. The molecule has 7 heteroatoms. The smallest absolute Gasteiger partial charge is 0.215 e. The summed E-state index contributed by atoms with van der Waals surface area (Å²) in [5.74, 6) is -0.711. The van der Waals surface area contributed by atoms with Crippen LogP contribution < -0.4 is 5.43 Å². The fraction of sp³-hybridized carbons (Fsp3) is 0.0667. The number of rotatable bonds is 2. The van der Waals surface area contributed by atoms with Gasteiger partial charge in [0, 0.05) is 6.20 Å². The van der Waals surface area contributed by atoms with Crippen LogP contribution in [0.5, 0.6) is 5.88 Å². The molecule has 3 rings (SSSR count). The van der Waals surface area contributed by atoms with E-state index in [1.807, 2.05) is 6.92 Å². The molecule has 3 aromatic rings. The molecule has 0 saturated heterocycles. The van der Waals surface area contributed by atoms with Gasteiger partial charge in [0.1, 0.15) is 5.65 Å². The van der Waals surface area contributed by atoms with Gasteiger partial charge in [0.25, 0.3) is 0 Å². The van der Waals surface area contributed by atoms with E-state index in [-0.39, 0.29) is 15.9 Å². The summed E-state index contributed by atoms with van der Waals surface area (Å²) in [5.41, 5.74) is 0.243. The quantitative estimate of drug-likeness (QED) is 0.750. The van der Waals surface area contributed by atoms with Crippen LogP contribution in [0.25, 0.3) is 11.0 Å². The molecule has 0 amide bonds. The van der Waals surface area contributed by atoms with Crippen molar-refractivity contribution in [2.45, 2.75) is 16.7 Å². The van der Waals surface area contributed by atoms with E-state index in [4.69, 9.17) is 0 Å². The molecule has 22 heavy (non-hydrogen) atoms. The second-order valence-electron chi connectivity index (χ2n) is 4.85. The van der Waals surface area contributed by atoms with Crippen LogP contribution in [-0.2, 0) is 9.84 Å². The Kier molecular flexibility index (Phi) is 3.22. The maximum absolute atomic E-state index is 12.6. The van der Waals surface area contributed by atoms with Crippen molar-refractivity contribution in [3.8, 4) is 5.88 Å². The fourth-order valence-electron chi connectivity index (χ4n) is 2.17. The number of pyridine rings is 2.